The molecule has 14 heteroatoms. The minimum atomic E-state index is -6.07. The zero-order valence-corrected chi connectivity index (χ0v) is 11.0. The predicted octanol–water partition coefficient (Wildman–Crippen LogP) is 1.15. The van der Waals surface area contributed by atoms with E-state index < -0.39 is 44.7 Å². The summed E-state index contributed by atoms with van der Waals surface area (Å²) in [5.41, 5.74) is -4.17. The fourth-order valence-electron chi connectivity index (χ4n) is 0.935. The Bertz CT molecular complexity index is 395. The maximum Gasteiger partial charge on any atom is 0.411 e. The second-order valence-corrected chi connectivity index (χ2v) is 5.10. The third-order valence-corrected chi connectivity index (χ3v) is 2.90. The summed E-state index contributed by atoms with van der Waals surface area (Å²) >= 11 is 0. The SMILES string of the molecule is COC(=O)C(OCC(F)(F)F)(OCC(F)(F)F)P(=O)(O)O. The van der Waals surface area contributed by atoms with Gasteiger partial charge >= 0.3 is 31.4 Å². The molecule has 0 aliphatic heterocycles. The van der Waals surface area contributed by atoms with Gasteiger partial charge in [0.2, 0.25) is 0 Å². The van der Waals surface area contributed by atoms with Crippen LogP contribution in [-0.2, 0) is 23.6 Å². The fourth-order valence-corrected chi connectivity index (χ4v) is 1.73. The molecule has 0 heterocycles. The van der Waals surface area contributed by atoms with E-state index in [1.165, 1.54) is 0 Å². The summed E-state index contributed by atoms with van der Waals surface area (Å²) in [7, 11) is -5.61. The fraction of sp³-hybridized carbons (Fsp3) is 0.857. The number of hydrogen-bond acceptors (Lipinski definition) is 5. The van der Waals surface area contributed by atoms with Gasteiger partial charge in [-0.1, -0.05) is 0 Å². The van der Waals surface area contributed by atoms with Gasteiger partial charge in [-0.2, -0.15) is 26.3 Å². The number of ether oxygens (including phenoxy) is 3. The van der Waals surface area contributed by atoms with Crippen LogP contribution in [0, 0.1) is 0 Å². The van der Waals surface area contributed by atoms with Crippen LogP contribution in [0.1, 0.15) is 0 Å². The lowest BCUT2D eigenvalue weighted by atomic mass is 10.6. The quantitative estimate of drug-likeness (QED) is 0.321. The molecular formula is C7H9F6O7P. The Morgan fingerprint density at radius 3 is 1.52 bits per heavy atom. The number of rotatable bonds is 6. The summed E-state index contributed by atoms with van der Waals surface area (Å²) < 4.78 is 94.1. The molecule has 0 aliphatic carbocycles. The van der Waals surface area contributed by atoms with Gasteiger partial charge in [-0.15, -0.1) is 0 Å². The van der Waals surface area contributed by atoms with Crippen LogP contribution in [0.5, 0.6) is 0 Å². The van der Waals surface area contributed by atoms with Crippen LogP contribution in [0.2, 0.25) is 0 Å². The van der Waals surface area contributed by atoms with Crippen molar-refractivity contribution in [3.63, 3.8) is 0 Å². The van der Waals surface area contributed by atoms with Crippen LogP contribution in [0.25, 0.3) is 0 Å². The third-order valence-electron chi connectivity index (χ3n) is 1.69. The van der Waals surface area contributed by atoms with Gasteiger partial charge in [0, 0.05) is 0 Å². The normalized spacial score (nSPS) is 14.1. The topological polar surface area (TPSA) is 102 Å². The van der Waals surface area contributed by atoms with Crippen molar-refractivity contribution in [3.05, 3.63) is 0 Å². The van der Waals surface area contributed by atoms with Crippen molar-refractivity contribution < 1.29 is 59.7 Å². The van der Waals surface area contributed by atoms with E-state index in [1.54, 1.807) is 0 Å². The van der Waals surface area contributed by atoms with Crippen molar-refractivity contribution in [2.45, 2.75) is 17.9 Å². The van der Waals surface area contributed by atoms with E-state index in [-0.39, 0.29) is 0 Å². The van der Waals surface area contributed by atoms with Gasteiger partial charge in [0.1, 0.15) is 13.2 Å². The zero-order chi connectivity index (χ0) is 17.1. The number of methoxy groups -OCH3 is 1. The Kier molecular flexibility index (Phi) is 6.21. The van der Waals surface area contributed by atoms with Crippen molar-refractivity contribution >= 4 is 13.6 Å². The largest absolute Gasteiger partial charge is 0.464 e. The highest BCUT2D eigenvalue weighted by Gasteiger charge is 2.61. The lowest BCUT2D eigenvalue weighted by molar-refractivity contribution is -0.279. The second-order valence-electron chi connectivity index (χ2n) is 3.43. The molecule has 0 spiro atoms. The van der Waals surface area contributed by atoms with Crippen molar-refractivity contribution in [2.75, 3.05) is 20.3 Å². The second kappa shape index (κ2) is 6.48. The lowest BCUT2D eigenvalue weighted by Gasteiger charge is -2.31. The van der Waals surface area contributed by atoms with Gasteiger partial charge < -0.3 is 24.0 Å². The molecule has 0 fully saturated rings. The molecule has 0 aliphatic rings. The summed E-state index contributed by atoms with van der Waals surface area (Å²) in [6.45, 7) is -4.91. The minimum Gasteiger partial charge on any atom is -0.464 e. The first kappa shape index (κ1) is 20.1. The van der Waals surface area contributed by atoms with Crippen LogP contribution in [-0.4, -0.2) is 54.0 Å². The van der Waals surface area contributed by atoms with E-state index in [4.69, 9.17) is 9.79 Å². The highest BCUT2D eigenvalue weighted by atomic mass is 31.2. The minimum absolute atomic E-state index is 0.459. The molecule has 0 bridgehead atoms. The summed E-state index contributed by atoms with van der Waals surface area (Å²) in [6.07, 6.45) is -10.4. The van der Waals surface area contributed by atoms with E-state index in [1.807, 2.05) is 0 Å². The molecule has 0 unspecified atom stereocenters. The molecule has 21 heavy (non-hydrogen) atoms. The first-order valence-corrected chi connectivity index (χ1v) is 6.31. The summed E-state index contributed by atoms with van der Waals surface area (Å²) in [4.78, 5) is 28.9. The number of alkyl halides is 6. The van der Waals surface area contributed by atoms with Crippen LogP contribution in [0.4, 0.5) is 26.3 Å². The Hall–Kier alpha value is -0.880. The summed E-state index contributed by atoms with van der Waals surface area (Å²) in [6, 6.07) is 0. The average Bonchev–Trinajstić information content (AvgIpc) is 2.24. The van der Waals surface area contributed by atoms with E-state index in [9.17, 15) is 35.7 Å². The van der Waals surface area contributed by atoms with Crippen molar-refractivity contribution in [3.8, 4) is 0 Å². The van der Waals surface area contributed by atoms with Gasteiger partial charge in [-0.25, -0.2) is 4.79 Å². The molecule has 7 nitrogen and oxygen atoms in total. The molecule has 0 amide bonds. The number of carbonyl (C=O) groups is 1. The van der Waals surface area contributed by atoms with Gasteiger partial charge in [-0.3, -0.25) is 4.57 Å². The van der Waals surface area contributed by atoms with E-state index in [0.29, 0.717) is 7.11 Å². The Labute approximate surface area is 112 Å². The Balaban J connectivity index is 5.56. The van der Waals surface area contributed by atoms with E-state index in [0.717, 1.165) is 0 Å². The molecule has 0 saturated carbocycles. The van der Waals surface area contributed by atoms with Crippen LogP contribution < -0.4 is 0 Å². The van der Waals surface area contributed by atoms with Crippen LogP contribution >= 0.6 is 7.60 Å². The van der Waals surface area contributed by atoms with Crippen LogP contribution in [0.15, 0.2) is 0 Å². The first-order valence-electron chi connectivity index (χ1n) is 4.70. The number of esters is 1. The molecular weight excluding hydrogens is 341 g/mol. The van der Waals surface area contributed by atoms with Gasteiger partial charge in [0.15, 0.2) is 0 Å². The molecule has 0 radical (unpaired) electrons. The lowest BCUT2D eigenvalue weighted by Crippen LogP contribution is -2.48. The van der Waals surface area contributed by atoms with Crippen molar-refractivity contribution in [1.29, 1.82) is 0 Å². The summed E-state index contributed by atoms with van der Waals surface area (Å²) in [5.74, 6) is -2.25. The van der Waals surface area contributed by atoms with Crippen molar-refractivity contribution in [1.82, 2.24) is 0 Å². The summed E-state index contributed by atoms with van der Waals surface area (Å²) in [5, 5.41) is 0. The number of carbonyl (C=O) groups excluding carboxylic acids is 1. The molecule has 126 valence electrons. The smallest absolute Gasteiger partial charge is 0.411 e. The molecule has 0 aromatic carbocycles. The highest BCUT2D eigenvalue weighted by molar-refractivity contribution is 7.54. The maximum atomic E-state index is 12.0. The number of halogens is 6. The molecule has 0 saturated heterocycles. The van der Waals surface area contributed by atoms with E-state index in [2.05, 4.69) is 14.2 Å². The predicted molar refractivity (Wildman–Crippen MR) is 50.8 cm³/mol. The molecule has 0 atom stereocenters. The first-order chi connectivity index (χ1) is 9.15. The van der Waals surface area contributed by atoms with Crippen molar-refractivity contribution in [2.24, 2.45) is 0 Å². The molecule has 0 rings (SSSR count). The van der Waals surface area contributed by atoms with Crippen LogP contribution in [0.3, 0.4) is 0 Å². The van der Waals surface area contributed by atoms with Gasteiger partial charge in [0.05, 0.1) is 7.11 Å². The standard InChI is InChI=1S/C7H9F6O7P/c1-18-4(14)7(21(15,16)17,19-2-5(8,9)10)20-3-6(11,12)13/h2-3H2,1H3,(H2,15,16,17). The van der Waals surface area contributed by atoms with Gasteiger partial charge in [0.25, 0.3) is 0 Å². The monoisotopic (exact) mass is 350 g/mol. The molecule has 0 aromatic rings. The van der Waals surface area contributed by atoms with E-state index >= 15 is 0 Å². The zero-order valence-electron chi connectivity index (χ0n) is 10.1. The highest BCUT2D eigenvalue weighted by Crippen LogP contribution is 2.53. The Morgan fingerprint density at radius 2 is 1.33 bits per heavy atom. The number of hydrogen-bond donors (Lipinski definition) is 2. The average molecular weight is 350 g/mol. The molecule has 0 aromatic heterocycles. The van der Waals surface area contributed by atoms with Gasteiger partial charge in [-0.05, 0) is 0 Å². The Morgan fingerprint density at radius 1 is 1.00 bits per heavy atom. The maximum absolute atomic E-state index is 12.0. The third kappa shape index (κ3) is 6.18. The molecule has 2 N–H and O–H groups in total.